The second-order valence-electron chi connectivity index (χ2n) is 9.57. The zero-order valence-corrected chi connectivity index (χ0v) is 16.6. The van der Waals surface area contributed by atoms with Crippen molar-refractivity contribution in [2.45, 2.75) is 64.5 Å². The lowest BCUT2D eigenvalue weighted by Gasteiger charge is -2.59. The van der Waals surface area contributed by atoms with Gasteiger partial charge in [-0.05, 0) is 80.8 Å². The summed E-state index contributed by atoms with van der Waals surface area (Å²) >= 11 is 0. The molecule has 1 aromatic carbocycles. The summed E-state index contributed by atoms with van der Waals surface area (Å²) in [5, 5.41) is 8.21. The zero-order valence-electron chi connectivity index (χ0n) is 16.6. The van der Waals surface area contributed by atoms with Crippen LogP contribution in [0, 0.1) is 23.2 Å². The number of nitrogens with one attached hydrogen (secondary N) is 1. The lowest BCUT2D eigenvalue weighted by atomic mass is 9.48. The maximum absolute atomic E-state index is 12.7. The van der Waals surface area contributed by atoms with Crippen molar-refractivity contribution in [3.8, 4) is 0 Å². The first kappa shape index (κ1) is 17.9. The number of fused-ring (bicyclic) bond motifs is 1. The Morgan fingerprint density at radius 1 is 1.18 bits per heavy atom. The van der Waals surface area contributed by atoms with E-state index in [9.17, 15) is 9.59 Å². The predicted molar refractivity (Wildman–Crippen MR) is 109 cm³/mol. The second kappa shape index (κ2) is 6.71. The van der Waals surface area contributed by atoms with E-state index >= 15 is 0 Å². The lowest BCUT2D eigenvalue weighted by Crippen LogP contribution is -2.55. The monoisotopic (exact) mass is 379 g/mol. The van der Waals surface area contributed by atoms with Crippen LogP contribution in [0.25, 0.3) is 10.9 Å². The second-order valence-corrected chi connectivity index (χ2v) is 9.57. The van der Waals surface area contributed by atoms with Crippen molar-refractivity contribution in [2.24, 2.45) is 23.2 Å². The van der Waals surface area contributed by atoms with Crippen molar-refractivity contribution in [3.05, 3.63) is 40.7 Å². The lowest BCUT2D eigenvalue weighted by molar-refractivity contribution is -0.126. The summed E-state index contributed by atoms with van der Waals surface area (Å²) < 4.78 is 1.77. The van der Waals surface area contributed by atoms with Gasteiger partial charge in [-0.1, -0.05) is 12.1 Å². The molecule has 1 amide bonds. The van der Waals surface area contributed by atoms with Gasteiger partial charge in [0.1, 0.15) is 0 Å². The number of aromatic nitrogens is 2. The van der Waals surface area contributed by atoms with E-state index in [2.05, 4.69) is 17.3 Å². The number of hydrogen-bond acceptors (Lipinski definition) is 3. The molecule has 1 N–H and O–H groups in total. The third kappa shape index (κ3) is 3.05. The summed E-state index contributed by atoms with van der Waals surface area (Å²) in [4.78, 5) is 24.7. The maximum atomic E-state index is 12.7. The summed E-state index contributed by atoms with van der Waals surface area (Å²) in [5.41, 5.74) is 1.04. The van der Waals surface area contributed by atoms with Crippen molar-refractivity contribution in [1.82, 2.24) is 15.1 Å². The molecule has 4 bridgehead atoms. The fourth-order valence-corrected chi connectivity index (χ4v) is 6.72. The maximum Gasteiger partial charge on any atom is 0.222 e. The molecule has 0 radical (unpaired) electrons. The Hall–Kier alpha value is -2.17. The number of para-hydroxylation sites is 1. The molecule has 1 atom stereocenters. The molecule has 4 aliphatic carbocycles. The van der Waals surface area contributed by atoms with E-state index in [0.717, 1.165) is 23.3 Å². The fraction of sp³-hybridized carbons (Fsp3) is 0.609. The van der Waals surface area contributed by atoms with Gasteiger partial charge in [0.15, 0.2) is 0 Å². The van der Waals surface area contributed by atoms with Gasteiger partial charge in [0.05, 0.1) is 18.3 Å². The Morgan fingerprint density at radius 2 is 1.82 bits per heavy atom. The molecule has 28 heavy (non-hydrogen) atoms. The normalized spacial score (nSPS) is 31.8. The molecule has 5 heteroatoms. The summed E-state index contributed by atoms with van der Waals surface area (Å²) in [7, 11) is 0. The van der Waals surface area contributed by atoms with Crippen LogP contribution in [0.5, 0.6) is 0 Å². The van der Waals surface area contributed by atoms with Gasteiger partial charge >= 0.3 is 0 Å². The fourth-order valence-electron chi connectivity index (χ4n) is 6.72. The van der Waals surface area contributed by atoms with Crippen LogP contribution < -0.4 is 10.7 Å². The van der Waals surface area contributed by atoms with Gasteiger partial charge in [0.25, 0.3) is 0 Å². The van der Waals surface area contributed by atoms with Gasteiger partial charge in [-0.25, -0.2) is 0 Å². The third-order valence-corrected chi connectivity index (χ3v) is 7.69. The van der Waals surface area contributed by atoms with Gasteiger partial charge in [-0.3, -0.25) is 14.3 Å². The number of amides is 1. The molecule has 4 aliphatic rings. The molecule has 0 aliphatic heterocycles. The minimum Gasteiger partial charge on any atom is -0.353 e. The Morgan fingerprint density at radius 3 is 2.50 bits per heavy atom. The Kier molecular flexibility index (Phi) is 4.29. The van der Waals surface area contributed by atoms with Gasteiger partial charge in [-0.15, -0.1) is 0 Å². The number of hydrogen-bond donors (Lipinski definition) is 1. The number of nitrogens with zero attached hydrogens (tertiary/aromatic N) is 2. The summed E-state index contributed by atoms with van der Waals surface area (Å²) in [6, 6.07) is 7.69. The standard InChI is InChI=1S/C23H29N3O2/c1-15(23-11-16-8-17(12-23)10-18(9-16)13-23)25-22(28)6-7-26-20-5-3-2-4-19(20)21(27)14-24-26/h2-5,14-18H,6-13H2,1H3,(H,25,28)/t15-,16?,17?,18?,23?/m1/s1. The highest BCUT2D eigenvalue weighted by Crippen LogP contribution is 2.61. The molecule has 1 heterocycles. The summed E-state index contributed by atoms with van der Waals surface area (Å²) in [6.45, 7) is 2.71. The first-order valence-corrected chi connectivity index (χ1v) is 10.8. The number of aryl methyl sites for hydroxylation is 1. The van der Waals surface area contributed by atoms with E-state index in [0.29, 0.717) is 23.8 Å². The number of rotatable bonds is 5. The van der Waals surface area contributed by atoms with Crippen LogP contribution in [0.2, 0.25) is 0 Å². The largest absolute Gasteiger partial charge is 0.353 e. The molecule has 0 spiro atoms. The van der Waals surface area contributed by atoms with Crippen molar-refractivity contribution in [3.63, 3.8) is 0 Å². The van der Waals surface area contributed by atoms with Crippen LogP contribution >= 0.6 is 0 Å². The van der Waals surface area contributed by atoms with Crippen LogP contribution in [-0.2, 0) is 11.3 Å². The van der Waals surface area contributed by atoms with E-state index in [-0.39, 0.29) is 17.4 Å². The molecule has 5 nitrogen and oxygen atoms in total. The third-order valence-electron chi connectivity index (χ3n) is 7.69. The molecule has 6 rings (SSSR count). The van der Waals surface area contributed by atoms with Gasteiger partial charge in [0.2, 0.25) is 11.3 Å². The van der Waals surface area contributed by atoms with Crippen molar-refractivity contribution < 1.29 is 4.79 Å². The van der Waals surface area contributed by atoms with E-state index < -0.39 is 0 Å². The highest BCUT2D eigenvalue weighted by molar-refractivity contribution is 5.79. The number of benzene rings is 1. The molecule has 148 valence electrons. The van der Waals surface area contributed by atoms with Crippen LogP contribution in [0.15, 0.2) is 35.3 Å². The van der Waals surface area contributed by atoms with E-state index in [4.69, 9.17) is 0 Å². The quantitative estimate of drug-likeness (QED) is 0.865. The predicted octanol–water partition coefficient (Wildman–Crippen LogP) is 3.51. The number of carbonyl (C=O) groups is 1. The highest BCUT2D eigenvalue weighted by atomic mass is 16.1. The first-order valence-electron chi connectivity index (χ1n) is 10.8. The summed E-state index contributed by atoms with van der Waals surface area (Å²) in [6.07, 6.45) is 9.89. The molecule has 0 unspecified atom stereocenters. The molecule has 4 fully saturated rings. The molecule has 4 saturated carbocycles. The first-order chi connectivity index (χ1) is 13.5. The summed E-state index contributed by atoms with van der Waals surface area (Å²) in [5.74, 6) is 2.76. The zero-order chi connectivity index (χ0) is 19.3. The Balaban J connectivity index is 1.25. The topological polar surface area (TPSA) is 64.0 Å². The van der Waals surface area contributed by atoms with Crippen molar-refractivity contribution in [2.75, 3.05) is 0 Å². The van der Waals surface area contributed by atoms with Crippen LogP contribution in [-0.4, -0.2) is 21.7 Å². The molecular weight excluding hydrogens is 350 g/mol. The van der Waals surface area contributed by atoms with E-state index in [1.807, 2.05) is 24.3 Å². The Bertz CT molecular complexity index is 928. The van der Waals surface area contributed by atoms with Gasteiger partial charge < -0.3 is 5.32 Å². The van der Waals surface area contributed by atoms with Crippen molar-refractivity contribution in [1.29, 1.82) is 0 Å². The molecular formula is C23H29N3O2. The average molecular weight is 380 g/mol. The van der Waals surface area contributed by atoms with Crippen LogP contribution in [0.4, 0.5) is 0 Å². The average Bonchev–Trinajstić information content (AvgIpc) is 2.67. The van der Waals surface area contributed by atoms with Crippen LogP contribution in [0.3, 0.4) is 0 Å². The molecule has 0 saturated heterocycles. The highest BCUT2D eigenvalue weighted by Gasteiger charge is 2.53. The Labute approximate surface area is 165 Å². The van der Waals surface area contributed by atoms with Gasteiger partial charge in [0, 0.05) is 17.8 Å². The van der Waals surface area contributed by atoms with E-state index in [1.165, 1.54) is 44.7 Å². The van der Waals surface area contributed by atoms with E-state index in [1.54, 1.807) is 4.68 Å². The van der Waals surface area contributed by atoms with Gasteiger partial charge in [-0.2, -0.15) is 5.10 Å². The number of carbonyl (C=O) groups excluding carboxylic acids is 1. The molecule has 2 aromatic rings. The molecule has 1 aromatic heterocycles. The SMILES string of the molecule is C[C@@H](NC(=O)CCn1ncc(=O)c2ccccc21)C12CC3CC(CC(C3)C1)C2. The van der Waals surface area contributed by atoms with Crippen LogP contribution in [0.1, 0.15) is 51.9 Å². The minimum atomic E-state index is -0.0771. The van der Waals surface area contributed by atoms with Crippen molar-refractivity contribution >= 4 is 16.8 Å². The minimum absolute atomic E-state index is 0.0771. The smallest absolute Gasteiger partial charge is 0.222 e.